The van der Waals surface area contributed by atoms with Crippen LogP contribution in [-0.4, -0.2) is 62.4 Å². The largest absolute Gasteiger partial charge is 0.480 e. The summed E-state index contributed by atoms with van der Waals surface area (Å²) in [6.07, 6.45) is -0.596. The Morgan fingerprint density at radius 1 is 1.44 bits per heavy atom. The Morgan fingerprint density at radius 3 is 2.78 bits per heavy atom. The standard InChI is InChI=1S/C17H24N4O6/c1-17(2,3)27-16(24)20-15-18-13-9(14(19-15)25-4)5-6-21(13)12-7-10(23)11(8-22)26-12/h5-6,10-12,22-23H,7-8H2,1-4H3,(H,18,19,20,24)/t10-,11-,12-/m1/s1. The SMILES string of the molecule is COc1nc(NC(=O)OC(C)(C)C)nc2c1ccn2[C@H]1C[C@@H](O)[C@@H](CO)O1. The van der Waals surface area contributed by atoms with Crippen LogP contribution in [0.1, 0.15) is 33.4 Å². The average molecular weight is 380 g/mol. The molecule has 0 aromatic carbocycles. The fourth-order valence-electron chi connectivity index (χ4n) is 2.89. The summed E-state index contributed by atoms with van der Waals surface area (Å²) in [6, 6.07) is 1.76. The number of anilines is 1. The predicted octanol–water partition coefficient (Wildman–Crippen LogP) is 1.43. The van der Waals surface area contributed by atoms with Gasteiger partial charge in [0.15, 0.2) is 5.65 Å². The number of carbonyl (C=O) groups excluding carboxylic acids is 1. The van der Waals surface area contributed by atoms with E-state index in [4.69, 9.17) is 14.2 Å². The molecule has 10 heteroatoms. The minimum absolute atomic E-state index is 0.0193. The van der Waals surface area contributed by atoms with Gasteiger partial charge in [0.05, 0.1) is 25.2 Å². The van der Waals surface area contributed by atoms with E-state index >= 15 is 0 Å². The molecule has 1 fully saturated rings. The molecule has 0 saturated carbocycles. The van der Waals surface area contributed by atoms with Crippen LogP contribution in [0.5, 0.6) is 5.88 Å². The van der Waals surface area contributed by atoms with Crippen LogP contribution < -0.4 is 10.1 Å². The first-order valence-corrected chi connectivity index (χ1v) is 8.59. The molecule has 2 aromatic heterocycles. The summed E-state index contributed by atoms with van der Waals surface area (Å²) < 4.78 is 17.9. The van der Waals surface area contributed by atoms with Crippen LogP contribution in [-0.2, 0) is 9.47 Å². The lowest BCUT2D eigenvalue weighted by Gasteiger charge is -2.19. The Hall–Kier alpha value is -2.43. The molecule has 1 aliphatic rings. The van der Waals surface area contributed by atoms with Crippen molar-refractivity contribution < 1.29 is 29.2 Å². The average Bonchev–Trinajstić information content (AvgIpc) is 3.15. The highest BCUT2D eigenvalue weighted by Gasteiger charge is 2.35. The van der Waals surface area contributed by atoms with E-state index in [2.05, 4.69) is 15.3 Å². The second-order valence-corrected chi connectivity index (χ2v) is 7.26. The van der Waals surface area contributed by atoms with Crippen molar-refractivity contribution in [3.63, 3.8) is 0 Å². The van der Waals surface area contributed by atoms with E-state index in [1.54, 1.807) is 37.6 Å². The van der Waals surface area contributed by atoms with Crippen LogP contribution in [0.2, 0.25) is 0 Å². The van der Waals surface area contributed by atoms with Gasteiger partial charge >= 0.3 is 6.09 Å². The number of hydrogen-bond donors (Lipinski definition) is 3. The van der Waals surface area contributed by atoms with Gasteiger partial charge in [0.25, 0.3) is 0 Å². The molecule has 1 saturated heterocycles. The first-order chi connectivity index (χ1) is 12.7. The Labute approximate surface area is 156 Å². The molecule has 0 bridgehead atoms. The minimum atomic E-state index is -0.777. The van der Waals surface area contributed by atoms with Gasteiger partial charge in [-0.15, -0.1) is 0 Å². The third kappa shape index (κ3) is 4.12. The van der Waals surface area contributed by atoms with Crippen LogP contribution in [0, 0.1) is 0 Å². The maximum Gasteiger partial charge on any atom is 0.414 e. The number of aliphatic hydroxyl groups is 2. The molecule has 0 spiro atoms. The van der Waals surface area contributed by atoms with Crippen molar-refractivity contribution >= 4 is 23.1 Å². The first-order valence-electron chi connectivity index (χ1n) is 8.59. The lowest BCUT2D eigenvalue weighted by Crippen LogP contribution is -2.28. The minimum Gasteiger partial charge on any atom is -0.480 e. The number of carbonyl (C=O) groups is 1. The number of amides is 1. The summed E-state index contributed by atoms with van der Waals surface area (Å²) in [5, 5.41) is 22.4. The van der Waals surface area contributed by atoms with Crippen LogP contribution in [0.4, 0.5) is 10.7 Å². The zero-order chi connectivity index (χ0) is 19.8. The zero-order valence-electron chi connectivity index (χ0n) is 15.7. The molecule has 27 heavy (non-hydrogen) atoms. The van der Waals surface area contributed by atoms with Crippen molar-refractivity contribution in [1.29, 1.82) is 0 Å². The molecule has 3 N–H and O–H groups in total. The second-order valence-electron chi connectivity index (χ2n) is 7.26. The summed E-state index contributed by atoms with van der Waals surface area (Å²) in [7, 11) is 1.47. The molecular weight excluding hydrogens is 356 g/mol. The molecule has 3 atom stereocenters. The van der Waals surface area contributed by atoms with E-state index in [1.807, 2.05) is 0 Å². The van der Waals surface area contributed by atoms with Crippen molar-refractivity contribution in [2.45, 2.75) is 51.2 Å². The maximum absolute atomic E-state index is 12.0. The molecule has 1 aliphatic heterocycles. The smallest absolute Gasteiger partial charge is 0.414 e. The summed E-state index contributed by atoms with van der Waals surface area (Å²) in [5.74, 6) is 0.299. The van der Waals surface area contributed by atoms with Crippen LogP contribution in [0.15, 0.2) is 12.3 Å². The van der Waals surface area contributed by atoms with Gasteiger partial charge < -0.3 is 29.0 Å². The molecule has 0 aliphatic carbocycles. The van der Waals surface area contributed by atoms with Gasteiger partial charge in [0.2, 0.25) is 11.8 Å². The van der Waals surface area contributed by atoms with Crippen LogP contribution in [0.25, 0.3) is 11.0 Å². The summed E-state index contributed by atoms with van der Waals surface area (Å²) in [4.78, 5) is 20.6. The number of aliphatic hydroxyl groups excluding tert-OH is 2. The third-order valence-electron chi connectivity index (χ3n) is 4.04. The van der Waals surface area contributed by atoms with Gasteiger partial charge in [-0.3, -0.25) is 5.32 Å². The summed E-state index contributed by atoms with van der Waals surface area (Å²) in [6.45, 7) is 4.98. The molecular formula is C17H24N4O6. The van der Waals surface area contributed by atoms with Crippen molar-refractivity contribution in [2.24, 2.45) is 0 Å². The molecule has 3 rings (SSSR count). The normalized spacial score (nSPS) is 22.8. The Morgan fingerprint density at radius 2 is 2.19 bits per heavy atom. The summed E-state index contributed by atoms with van der Waals surface area (Å²) in [5.41, 5.74) is -0.199. The second kappa shape index (κ2) is 7.29. The Balaban J connectivity index is 1.93. The summed E-state index contributed by atoms with van der Waals surface area (Å²) >= 11 is 0. The number of rotatable bonds is 4. The van der Waals surface area contributed by atoms with Crippen molar-refractivity contribution in [2.75, 3.05) is 19.0 Å². The topological polar surface area (TPSA) is 128 Å². The fraction of sp³-hybridized carbons (Fsp3) is 0.588. The monoisotopic (exact) mass is 380 g/mol. The molecule has 148 valence electrons. The molecule has 0 radical (unpaired) electrons. The first kappa shape index (κ1) is 19.3. The number of nitrogens with one attached hydrogen (secondary N) is 1. The molecule has 1 amide bonds. The van der Waals surface area contributed by atoms with Crippen LogP contribution >= 0.6 is 0 Å². The van der Waals surface area contributed by atoms with E-state index < -0.39 is 30.1 Å². The Bertz CT molecular complexity index is 831. The van der Waals surface area contributed by atoms with Gasteiger partial charge in [0.1, 0.15) is 17.9 Å². The highest BCUT2D eigenvalue weighted by Crippen LogP contribution is 2.33. The maximum atomic E-state index is 12.0. The van der Waals surface area contributed by atoms with Crippen molar-refractivity contribution in [3.05, 3.63) is 12.3 Å². The van der Waals surface area contributed by atoms with Gasteiger partial charge in [-0.05, 0) is 26.8 Å². The van der Waals surface area contributed by atoms with Crippen molar-refractivity contribution in [1.82, 2.24) is 14.5 Å². The zero-order valence-corrected chi connectivity index (χ0v) is 15.7. The number of aromatic nitrogens is 3. The number of ether oxygens (including phenoxy) is 3. The fourth-order valence-corrected chi connectivity index (χ4v) is 2.89. The van der Waals surface area contributed by atoms with Gasteiger partial charge in [-0.25, -0.2) is 4.79 Å². The van der Waals surface area contributed by atoms with Gasteiger partial charge in [-0.1, -0.05) is 0 Å². The molecule has 0 unspecified atom stereocenters. The highest BCUT2D eigenvalue weighted by atomic mass is 16.6. The molecule has 10 nitrogen and oxygen atoms in total. The lowest BCUT2D eigenvalue weighted by molar-refractivity contribution is -0.0430. The predicted molar refractivity (Wildman–Crippen MR) is 95.6 cm³/mol. The number of hydrogen-bond acceptors (Lipinski definition) is 8. The number of nitrogens with zero attached hydrogens (tertiary/aromatic N) is 3. The highest BCUT2D eigenvalue weighted by molar-refractivity contribution is 5.87. The van der Waals surface area contributed by atoms with Gasteiger partial charge in [-0.2, -0.15) is 9.97 Å². The van der Waals surface area contributed by atoms with E-state index in [1.165, 1.54) is 7.11 Å². The molecule has 3 heterocycles. The van der Waals surface area contributed by atoms with Gasteiger partial charge in [0, 0.05) is 12.6 Å². The third-order valence-corrected chi connectivity index (χ3v) is 4.04. The Kier molecular flexibility index (Phi) is 5.22. The van der Waals surface area contributed by atoms with E-state index in [0.29, 0.717) is 17.5 Å². The van der Waals surface area contributed by atoms with E-state index in [-0.39, 0.29) is 18.4 Å². The van der Waals surface area contributed by atoms with Crippen LogP contribution in [0.3, 0.4) is 0 Å². The van der Waals surface area contributed by atoms with E-state index in [0.717, 1.165) is 0 Å². The van der Waals surface area contributed by atoms with E-state index in [9.17, 15) is 15.0 Å². The van der Waals surface area contributed by atoms with Crippen molar-refractivity contribution in [3.8, 4) is 5.88 Å². The quantitative estimate of drug-likeness (QED) is 0.727. The number of fused-ring (bicyclic) bond motifs is 1. The number of methoxy groups -OCH3 is 1. The molecule has 2 aromatic rings. The lowest BCUT2D eigenvalue weighted by atomic mass is 10.2.